The lowest BCUT2D eigenvalue weighted by atomic mass is 10.1. The largest absolute Gasteiger partial charge is 0.393 e. The Balaban J connectivity index is 3.69. The number of ketones is 1. The van der Waals surface area contributed by atoms with Crippen LogP contribution in [-0.4, -0.2) is 30.2 Å². The Morgan fingerprint density at radius 1 is 1.50 bits per heavy atom. The number of Topliss-reactive ketones (excluding diaryl/α,β-unsaturated/α-hetero) is 1. The predicted molar refractivity (Wildman–Crippen MR) is 47.0 cm³/mol. The fourth-order valence-electron chi connectivity index (χ4n) is 0.961. The summed E-state index contributed by atoms with van der Waals surface area (Å²) < 4.78 is 5.05. The molecule has 0 bridgehead atoms. The van der Waals surface area contributed by atoms with E-state index in [-0.39, 0.29) is 12.4 Å². The van der Waals surface area contributed by atoms with Crippen LogP contribution in [0.3, 0.4) is 0 Å². The van der Waals surface area contributed by atoms with Crippen molar-refractivity contribution in [2.75, 3.05) is 13.2 Å². The van der Waals surface area contributed by atoms with E-state index >= 15 is 0 Å². The van der Waals surface area contributed by atoms with E-state index in [1.165, 1.54) is 0 Å². The molecule has 0 aliphatic rings. The highest BCUT2D eigenvalue weighted by Crippen LogP contribution is 2.02. The number of carbonyl (C=O) groups excluding carboxylic acids is 1. The summed E-state index contributed by atoms with van der Waals surface area (Å²) in [6.45, 7) is 4.12. The van der Waals surface area contributed by atoms with E-state index in [0.29, 0.717) is 13.0 Å². The third-order valence-electron chi connectivity index (χ3n) is 1.67. The SMILES string of the molecule is CCCCC(=O)C(CO)OCC. The molecule has 0 amide bonds. The topological polar surface area (TPSA) is 46.5 Å². The Hall–Kier alpha value is -0.410. The summed E-state index contributed by atoms with van der Waals surface area (Å²) in [5.74, 6) is 0.0150. The third kappa shape index (κ3) is 4.46. The molecule has 0 heterocycles. The molecule has 1 unspecified atom stereocenters. The van der Waals surface area contributed by atoms with Crippen LogP contribution in [0.15, 0.2) is 0 Å². The minimum atomic E-state index is -0.596. The van der Waals surface area contributed by atoms with Crippen LogP contribution in [0, 0.1) is 0 Å². The van der Waals surface area contributed by atoms with Crippen molar-refractivity contribution in [2.45, 2.75) is 39.2 Å². The van der Waals surface area contributed by atoms with Gasteiger partial charge in [0, 0.05) is 13.0 Å². The quantitative estimate of drug-likeness (QED) is 0.629. The number of hydrogen-bond acceptors (Lipinski definition) is 3. The molecule has 3 nitrogen and oxygen atoms in total. The van der Waals surface area contributed by atoms with Gasteiger partial charge in [-0.05, 0) is 13.3 Å². The molecule has 3 heteroatoms. The Kier molecular flexibility index (Phi) is 7.00. The molecule has 0 saturated heterocycles. The highest BCUT2D eigenvalue weighted by Gasteiger charge is 2.15. The maximum Gasteiger partial charge on any atom is 0.163 e. The minimum Gasteiger partial charge on any atom is -0.393 e. The Morgan fingerprint density at radius 3 is 2.58 bits per heavy atom. The average molecular weight is 174 g/mol. The second-order valence-electron chi connectivity index (χ2n) is 2.70. The summed E-state index contributed by atoms with van der Waals surface area (Å²) in [6, 6.07) is 0. The zero-order chi connectivity index (χ0) is 9.40. The van der Waals surface area contributed by atoms with Crippen molar-refractivity contribution in [3.8, 4) is 0 Å². The van der Waals surface area contributed by atoms with Crippen molar-refractivity contribution in [1.82, 2.24) is 0 Å². The smallest absolute Gasteiger partial charge is 0.163 e. The van der Waals surface area contributed by atoms with Crippen LogP contribution >= 0.6 is 0 Å². The monoisotopic (exact) mass is 174 g/mol. The molecule has 1 atom stereocenters. The van der Waals surface area contributed by atoms with Crippen LogP contribution in [0.4, 0.5) is 0 Å². The van der Waals surface area contributed by atoms with E-state index in [1.54, 1.807) is 0 Å². The molecular formula is C9H18O3. The molecule has 0 saturated carbocycles. The molecule has 0 aromatic heterocycles. The van der Waals surface area contributed by atoms with Crippen LogP contribution < -0.4 is 0 Å². The van der Waals surface area contributed by atoms with Crippen LogP contribution in [0.5, 0.6) is 0 Å². The van der Waals surface area contributed by atoms with E-state index in [0.717, 1.165) is 12.8 Å². The summed E-state index contributed by atoms with van der Waals surface area (Å²) in [7, 11) is 0. The predicted octanol–water partition coefficient (Wildman–Crippen LogP) is 1.14. The van der Waals surface area contributed by atoms with E-state index in [4.69, 9.17) is 9.84 Å². The number of ether oxygens (including phenoxy) is 1. The fourth-order valence-corrected chi connectivity index (χ4v) is 0.961. The second kappa shape index (κ2) is 7.25. The number of hydrogen-bond donors (Lipinski definition) is 1. The lowest BCUT2D eigenvalue weighted by Crippen LogP contribution is -2.27. The van der Waals surface area contributed by atoms with Crippen LogP contribution in [0.2, 0.25) is 0 Å². The normalized spacial score (nSPS) is 12.9. The molecule has 1 N–H and O–H groups in total. The fraction of sp³-hybridized carbons (Fsp3) is 0.889. The molecule has 12 heavy (non-hydrogen) atoms. The molecule has 0 spiro atoms. The van der Waals surface area contributed by atoms with Crippen LogP contribution in [-0.2, 0) is 9.53 Å². The van der Waals surface area contributed by atoms with Gasteiger partial charge in [-0.25, -0.2) is 0 Å². The van der Waals surface area contributed by atoms with Gasteiger partial charge in [-0.1, -0.05) is 13.3 Å². The number of rotatable bonds is 7. The Labute approximate surface area is 73.7 Å². The van der Waals surface area contributed by atoms with Crippen molar-refractivity contribution in [2.24, 2.45) is 0 Å². The maximum atomic E-state index is 11.2. The highest BCUT2D eigenvalue weighted by molar-refractivity contribution is 5.83. The van der Waals surface area contributed by atoms with Crippen molar-refractivity contribution in [1.29, 1.82) is 0 Å². The summed E-state index contributed by atoms with van der Waals surface area (Å²) in [5.41, 5.74) is 0. The van der Waals surface area contributed by atoms with Crippen molar-refractivity contribution in [3.05, 3.63) is 0 Å². The van der Waals surface area contributed by atoms with Crippen molar-refractivity contribution < 1.29 is 14.6 Å². The first-order valence-electron chi connectivity index (χ1n) is 4.51. The highest BCUT2D eigenvalue weighted by atomic mass is 16.5. The lowest BCUT2D eigenvalue weighted by molar-refractivity contribution is -0.132. The van der Waals surface area contributed by atoms with Crippen molar-refractivity contribution >= 4 is 5.78 Å². The summed E-state index contributed by atoms with van der Waals surface area (Å²) in [5, 5.41) is 8.78. The van der Waals surface area contributed by atoms with E-state index in [1.807, 2.05) is 13.8 Å². The van der Waals surface area contributed by atoms with E-state index < -0.39 is 6.10 Å². The van der Waals surface area contributed by atoms with Gasteiger partial charge in [0.05, 0.1) is 6.61 Å². The number of aliphatic hydroxyl groups is 1. The number of carbonyl (C=O) groups is 1. The zero-order valence-corrected chi connectivity index (χ0v) is 7.88. The molecule has 0 aromatic rings. The summed E-state index contributed by atoms with van der Waals surface area (Å²) in [6.07, 6.45) is 1.79. The third-order valence-corrected chi connectivity index (χ3v) is 1.67. The first-order valence-corrected chi connectivity index (χ1v) is 4.51. The van der Waals surface area contributed by atoms with Crippen LogP contribution in [0.1, 0.15) is 33.1 Å². The maximum absolute atomic E-state index is 11.2. The molecule has 0 rings (SSSR count). The van der Waals surface area contributed by atoms with Gasteiger partial charge in [-0.3, -0.25) is 4.79 Å². The standard InChI is InChI=1S/C9H18O3/c1-3-5-6-8(11)9(7-10)12-4-2/h9-10H,3-7H2,1-2H3. The molecule has 0 aromatic carbocycles. The Morgan fingerprint density at radius 2 is 2.17 bits per heavy atom. The Bertz CT molecular complexity index is 123. The number of unbranched alkanes of at least 4 members (excludes halogenated alkanes) is 1. The van der Waals surface area contributed by atoms with E-state index in [2.05, 4.69) is 0 Å². The van der Waals surface area contributed by atoms with Gasteiger partial charge < -0.3 is 9.84 Å². The van der Waals surface area contributed by atoms with Gasteiger partial charge in [-0.15, -0.1) is 0 Å². The zero-order valence-electron chi connectivity index (χ0n) is 7.88. The minimum absolute atomic E-state index is 0.0150. The molecule has 72 valence electrons. The molecule has 0 fully saturated rings. The van der Waals surface area contributed by atoms with Gasteiger partial charge in [0.25, 0.3) is 0 Å². The van der Waals surface area contributed by atoms with Gasteiger partial charge in [0.15, 0.2) is 5.78 Å². The molecular weight excluding hydrogens is 156 g/mol. The first-order chi connectivity index (χ1) is 5.76. The number of aliphatic hydroxyl groups excluding tert-OH is 1. The van der Waals surface area contributed by atoms with Gasteiger partial charge in [-0.2, -0.15) is 0 Å². The first kappa shape index (κ1) is 11.6. The van der Waals surface area contributed by atoms with Gasteiger partial charge >= 0.3 is 0 Å². The average Bonchev–Trinajstić information content (AvgIpc) is 2.10. The second-order valence-corrected chi connectivity index (χ2v) is 2.70. The summed E-state index contributed by atoms with van der Waals surface area (Å²) >= 11 is 0. The summed E-state index contributed by atoms with van der Waals surface area (Å²) in [4.78, 5) is 11.2. The molecule has 0 radical (unpaired) electrons. The van der Waals surface area contributed by atoms with Crippen molar-refractivity contribution in [3.63, 3.8) is 0 Å². The molecule has 0 aliphatic heterocycles. The lowest BCUT2D eigenvalue weighted by Gasteiger charge is -2.12. The van der Waals surface area contributed by atoms with Crippen LogP contribution in [0.25, 0.3) is 0 Å². The van der Waals surface area contributed by atoms with Gasteiger partial charge in [0.1, 0.15) is 6.10 Å². The molecule has 0 aliphatic carbocycles. The van der Waals surface area contributed by atoms with E-state index in [9.17, 15) is 4.79 Å². The van der Waals surface area contributed by atoms with Gasteiger partial charge in [0.2, 0.25) is 0 Å².